The Morgan fingerprint density at radius 3 is 2.48 bits per heavy atom. The van der Waals surface area contributed by atoms with Crippen molar-refractivity contribution in [3.63, 3.8) is 0 Å². The number of hydrogen-bond acceptors (Lipinski definition) is 3. The molecule has 1 atom stereocenters. The average molecular weight is 405 g/mol. The Morgan fingerprint density at radius 2 is 1.72 bits per heavy atom. The highest BCUT2D eigenvalue weighted by molar-refractivity contribution is 7.99. The molecule has 3 aromatic carbocycles. The van der Waals surface area contributed by atoms with Gasteiger partial charge in [0.2, 0.25) is 0 Å². The summed E-state index contributed by atoms with van der Waals surface area (Å²) in [5, 5.41) is 1.21. The van der Waals surface area contributed by atoms with Gasteiger partial charge in [-0.15, -0.1) is 0 Å². The van der Waals surface area contributed by atoms with Crippen molar-refractivity contribution in [3.8, 4) is 5.69 Å². The lowest BCUT2D eigenvalue weighted by molar-refractivity contribution is 0.627. The van der Waals surface area contributed by atoms with Gasteiger partial charge >= 0.3 is 0 Å². The lowest BCUT2D eigenvalue weighted by Gasteiger charge is -2.18. The van der Waals surface area contributed by atoms with E-state index in [9.17, 15) is 9.18 Å². The Hall–Kier alpha value is -2.92. The van der Waals surface area contributed by atoms with Gasteiger partial charge in [0.25, 0.3) is 5.56 Å². The van der Waals surface area contributed by atoms with Gasteiger partial charge in [-0.1, -0.05) is 48.2 Å². The highest BCUT2D eigenvalue weighted by atomic mass is 32.2. The van der Waals surface area contributed by atoms with Gasteiger partial charge in [0.15, 0.2) is 5.16 Å². The normalized spacial score (nSPS) is 12.3. The van der Waals surface area contributed by atoms with Crippen LogP contribution in [-0.2, 0) is 0 Å². The zero-order valence-electron chi connectivity index (χ0n) is 16.5. The van der Waals surface area contributed by atoms with Crippen LogP contribution in [0.15, 0.2) is 76.7 Å². The Balaban J connectivity index is 1.91. The fourth-order valence-electron chi connectivity index (χ4n) is 3.32. The van der Waals surface area contributed by atoms with Gasteiger partial charge in [0, 0.05) is 5.25 Å². The van der Waals surface area contributed by atoms with Crippen LogP contribution in [0.4, 0.5) is 4.39 Å². The van der Waals surface area contributed by atoms with Gasteiger partial charge in [-0.2, -0.15) is 0 Å². The molecule has 4 rings (SSSR count). The quantitative estimate of drug-likeness (QED) is 0.309. The molecule has 0 saturated heterocycles. The number of para-hydroxylation sites is 1. The SMILES string of the molecule is Cc1ccc(C)c(-n2c(S[C@@H](C)c3ccc(F)cc3)nc3ccccc3c2=O)c1. The summed E-state index contributed by atoms with van der Waals surface area (Å²) in [6.45, 7) is 6.04. The number of benzene rings is 3. The highest BCUT2D eigenvalue weighted by Gasteiger charge is 2.18. The zero-order valence-corrected chi connectivity index (χ0v) is 17.3. The van der Waals surface area contributed by atoms with Crippen LogP contribution in [0.3, 0.4) is 0 Å². The van der Waals surface area contributed by atoms with E-state index < -0.39 is 0 Å². The smallest absolute Gasteiger partial charge is 0.266 e. The van der Waals surface area contributed by atoms with Crippen LogP contribution in [0.5, 0.6) is 0 Å². The second-order valence-electron chi connectivity index (χ2n) is 7.15. The Morgan fingerprint density at radius 1 is 1.00 bits per heavy atom. The van der Waals surface area contributed by atoms with Crippen LogP contribution in [0.2, 0.25) is 0 Å². The number of rotatable bonds is 4. The Bertz CT molecular complexity index is 1250. The van der Waals surface area contributed by atoms with Gasteiger partial charge in [-0.3, -0.25) is 9.36 Å². The summed E-state index contributed by atoms with van der Waals surface area (Å²) in [6.07, 6.45) is 0. The third-order valence-electron chi connectivity index (χ3n) is 4.97. The molecule has 0 saturated carbocycles. The molecule has 4 aromatic rings. The number of thioether (sulfide) groups is 1. The number of aromatic nitrogens is 2. The minimum Gasteiger partial charge on any atom is -0.268 e. The number of hydrogen-bond donors (Lipinski definition) is 0. The summed E-state index contributed by atoms with van der Waals surface area (Å²) in [5.41, 5.74) is 4.48. The van der Waals surface area contributed by atoms with Crippen LogP contribution in [0.25, 0.3) is 16.6 Å². The summed E-state index contributed by atoms with van der Waals surface area (Å²) < 4.78 is 15.0. The second kappa shape index (κ2) is 7.84. The van der Waals surface area contributed by atoms with Crippen LogP contribution >= 0.6 is 11.8 Å². The summed E-state index contributed by atoms with van der Waals surface area (Å²) >= 11 is 1.50. The number of aryl methyl sites for hydroxylation is 2. The fraction of sp³-hybridized carbons (Fsp3) is 0.167. The van der Waals surface area contributed by atoms with Crippen molar-refractivity contribution in [3.05, 3.63) is 99.6 Å². The van der Waals surface area contributed by atoms with Gasteiger partial charge in [0.1, 0.15) is 5.82 Å². The molecular weight excluding hydrogens is 383 g/mol. The molecular formula is C24H21FN2OS. The van der Waals surface area contributed by atoms with E-state index in [0.717, 1.165) is 22.4 Å². The van der Waals surface area contributed by atoms with Crippen molar-refractivity contribution in [2.75, 3.05) is 0 Å². The van der Waals surface area contributed by atoms with Gasteiger partial charge in [-0.25, -0.2) is 9.37 Å². The molecule has 0 N–H and O–H groups in total. The molecule has 0 spiro atoms. The molecule has 0 aliphatic carbocycles. The van der Waals surface area contributed by atoms with Crippen LogP contribution < -0.4 is 5.56 Å². The molecule has 0 bridgehead atoms. The van der Waals surface area contributed by atoms with E-state index in [1.165, 1.54) is 23.9 Å². The number of nitrogens with zero attached hydrogens (tertiary/aromatic N) is 2. The lowest BCUT2D eigenvalue weighted by Crippen LogP contribution is -2.22. The Kier molecular flexibility index (Phi) is 5.24. The molecule has 1 aromatic heterocycles. The van der Waals surface area contributed by atoms with E-state index in [0.29, 0.717) is 16.1 Å². The van der Waals surface area contributed by atoms with Crippen LogP contribution in [0.1, 0.15) is 28.9 Å². The van der Waals surface area contributed by atoms with Crippen molar-refractivity contribution in [2.24, 2.45) is 0 Å². The van der Waals surface area contributed by atoms with E-state index in [4.69, 9.17) is 4.98 Å². The summed E-state index contributed by atoms with van der Waals surface area (Å²) in [6, 6.07) is 19.9. The van der Waals surface area contributed by atoms with Crippen molar-refractivity contribution in [2.45, 2.75) is 31.2 Å². The van der Waals surface area contributed by atoms with E-state index in [-0.39, 0.29) is 16.6 Å². The molecule has 29 heavy (non-hydrogen) atoms. The molecule has 0 unspecified atom stereocenters. The van der Waals surface area contributed by atoms with Gasteiger partial charge in [-0.05, 0) is 67.8 Å². The maximum Gasteiger partial charge on any atom is 0.266 e. The first-order valence-electron chi connectivity index (χ1n) is 9.45. The molecule has 0 aliphatic rings. The largest absolute Gasteiger partial charge is 0.268 e. The molecule has 146 valence electrons. The van der Waals surface area contributed by atoms with Gasteiger partial charge < -0.3 is 0 Å². The minimum atomic E-state index is -0.262. The average Bonchev–Trinajstić information content (AvgIpc) is 2.71. The molecule has 0 fully saturated rings. The standard InChI is InChI=1S/C24H21FN2OS/c1-15-8-9-16(2)22(14-15)27-23(28)20-6-4-5-7-21(20)26-24(27)29-17(3)18-10-12-19(25)13-11-18/h4-14,17H,1-3H3/t17-/m0/s1. The van der Waals surface area contributed by atoms with Crippen molar-refractivity contribution in [1.29, 1.82) is 0 Å². The van der Waals surface area contributed by atoms with Crippen molar-refractivity contribution < 1.29 is 4.39 Å². The Labute approximate surface area is 173 Å². The fourth-order valence-corrected chi connectivity index (χ4v) is 4.37. The topological polar surface area (TPSA) is 34.9 Å². The minimum absolute atomic E-state index is 0.0000255. The predicted octanol–water partition coefficient (Wildman–Crippen LogP) is 5.99. The molecule has 0 aliphatic heterocycles. The van der Waals surface area contributed by atoms with E-state index in [2.05, 4.69) is 0 Å². The van der Waals surface area contributed by atoms with Crippen molar-refractivity contribution >= 4 is 22.7 Å². The molecule has 3 nitrogen and oxygen atoms in total. The summed E-state index contributed by atoms with van der Waals surface area (Å²) in [4.78, 5) is 18.3. The predicted molar refractivity (Wildman–Crippen MR) is 117 cm³/mol. The first kappa shape index (κ1) is 19.4. The monoisotopic (exact) mass is 404 g/mol. The second-order valence-corrected chi connectivity index (χ2v) is 8.46. The van der Waals surface area contributed by atoms with E-state index in [1.807, 2.05) is 63.2 Å². The van der Waals surface area contributed by atoms with Crippen LogP contribution in [0, 0.1) is 19.7 Å². The molecule has 0 radical (unpaired) electrons. The van der Waals surface area contributed by atoms with Crippen LogP contribution in [-0.4, -0.2) is 9.55 Å². The van der Waals surface area contributed by atoms with E-state index in [1.54, 1.807) is 16.7 Å². The molecule has 1 heterocycles. The molecule has 5 heteroatoms. The maximum absolute atomic E-state index is 13.4. The maximum atomic E-state index is 13.4. The third-order valence-corrected chi connectivity index (χ3v) is 6.08. The first-order valence-corrected chi connectivity index (χ1v) is 10.3. The highest BCUT2D eigenvalue weighted by Crippen LogP contribution is 2.35. The van der Waals surface area contributed by atoms with Gasteiger partial charge in [0.05, 0.1) is 16.6 Å². The van der Waals surface area contributed by atoms with Crippen molar-refractivity contribution in [1.82, 2.24) is 9.55 Å². The summed E-state index contributed by atoms with van der Waals surface area (Å²) in [5.74, 6) is -0.262. The zero-order chi connectivity index (χ0) is 20.5. The first-order chi connectivity index (χ1) is 13.9. The third kappa shape index (κ3) is 3.83. The summed E-state index contributed by atoms with van der Waals surface area (Å²) in [7, 11) is 0. The molecule has 0 amide bonds. The number of fused-ring (bicyclic) bond motifs is 1. The lowest BCUT2D eigenvalue weighted by atomic mass is 10.1. The van der Waals surface area contributed by atoms with E-state index >= 15 is 0 Å². The number of halogens is 1.